The lowest BCUT2D eigenvalue weighted by atomic mass is 9.93. The van der Waals surface area contributed by atoms with E-state index < -0.39 is 0 Å². The summed E-state index contributed by atoms with van der Waals surface area (Å²) in [5, 5.41) is 6.50. The molecule has 1 aromatic carbocycles. The molecule has 1 amide bonds. The summed E-state index contributed by atoms with van der Waals surface area (Å²) in [6, 6.07) is 6.75. The second-order valence-electron chi connectivity index (χ2n) is 5.22. The second kappa shape index (κ2) is 6.71. The Balaban J connectivity index is 2.22. The van der Waals surface area contributed by atoms with Crippen molar-refractivity contribution in [1.82, 2.24) is 10.6 Å². The van der Waals surface area contributed by atoms with E-state index >= 15 is 0 Å². The van der Waals surface area contributed by atoms with Crippen LogP contribution in [0.2, 0.25) is 0 Å². The molecule has 0 radical (unpaired) electrons. The van der Waals surface area contributed by atoms with Gasteiger partial charge < -0.3 is 10.6 Å². The van der Waals surface area contributed by atoms with Gasteiger partial charge in [0, 0.05) is 18.2 Å². The molecular weight excluding hydrogens is 236 g/mol. The van der Waals surface area contributed by atoms with Crippen LogP contribution in [0, 0.1) is 0 Å². The molecule has 2 N–H and O–H groups in total. The van der Waals surface area contributed by atoms with Crippen LogP contribution in [0.1, 0.15) is 60.6 Å². The SMILES string of the molecule is CCCNC(CCC)c1ccc2c(c1)C(=O)NCC2. The Morgan fingerprint density at radius 2 is 2.16 bits per heavy atom. The Labute approximate surface area is 115 Å². The molecule has 1 unspecified atom stereocenters. The van der Waals surface area contributed by atoms with E-state index in [9.17, 15) is 4.79 Å². The van der Waals surface area contributed by atoms with Crippen LogP contribution in [0.15, 0.2) is 18.2 Å². The third-order valence-corrected chi connectivity index (χ3v) is 3.68. The van der Waals surface area contributed by atoms with E-state index in [0.29, 0.717) is 6.04 Å². The molecule has 1 aromatic rings. The number of hydrogen-bond acceptors (Lipinski definition) is 2. The van der Waals surface area contributed by atoms with Crippen LogP contribution in [0.25, 0.3) is 0 Å². The van der Waals surface area contributed by atoms with Crippen molar-refractivity contribution < 1.29 is 4.79 Å². The van der Waals surface area contributed by atoms with Crippen molar-refractivity contribution in [2.45, 2.75) is 45.6 Å². The minimum atomic E-state index is 0.0776. The molecular formula is C16H24N2O. The largest absolute Gasteiger partial charge is 0.352 e. The quantitative estimate of drug-likeness (QED) is 0.826. The number of rotatable bonds is 6. The van der Waals surface area contributed by atoms with E-state index in [1.54, 1.807) is 0 Å². The first-order chi connectivity index (χ1) is 9.26. The highest BCUT2D eigenvalue weighted by Gasteiger charge is 2.19. The average Bonchev–Trinajstić information content (AvgIpc) is 2.44. The molecule has 0 saturated carbocycles. The topological polar surface area (TPSA) is 41.1 Å². The van der Waals surface area contributed by atoms with Gasteiger partial charge in [0.15, 0.2) is 0 Å². The van der Waals surface area contributed by atoms with Gasteiger partial charge in [0.2, 0.25) is 0 Å². The first-order valence-corrected chi connectivity index (χ1v) is 7.40. The highest BCUT2D eigenvalue weighted by atomic mass is 16.1. The summed E-state index contributed by atoms with van der Waals surface area (Å²) in [5.41, 5.74) is 3.28. The fraction of sp³-hybridized carbons (Fsp3) is 0.562. The van der Waals surface area contributed by atoms with Crippen LogP contribution in [-0.4, -0.2) is 19.0 Å². The maximum absolute atomic E-state index is 11.9. The number of fused-ring (bicyclic) bond motifs is 1. The van der Waals surface area contributed by atoms with Gasteiger partial charge in [0.05, 0.1) is 0 Å². The van der Waals surface area contributed by atoms with E-state index in [2.05, 4.69) is 42.7 Å². The number of carbonyl (C=O) groups excluding carboxylic acids is 1. The van der Waals surface area contributed by atoms with Gasteiger partial charge in [-0.15, -0.1) is 0 Å². The average molecular weight is 260 g/mol. The molecule has 3 heteroatoms. The Hall–Kier alpha value is -1.35. The fourth-order valence-electron chi connectivity index (χ4n) is 2.64. The van der Waals surface area contributed by atoms with Gasteiger partial charge in [-0.05, 0) is 43.0 Å². The van der Waals surface area contributed by atoms with Crippen molar-refractivity contribution in [2.24, 2.45) is 0 Å². The van der Waals surface area contributed by atoms with E-state index in [1.165, 1.54) is 11.1 Å². The maximum Gasteiger partial charge on any atom is 0.251 e. The molecule has 19 heavy (non-hydrogen) atoms. The lowest BCUT2D eigenvalue weighted by Crippen LogP contribution is -2.32. The van der Waals surface area contributed by atoms with Crippen molar-refractivity contribution in [3.05, 3.63) is 34.9 Å². The minimum absolute atomic E-state index is 0.0776. The van der Waals surface area contributed by atoms with Crippen molar-refractivity contribution in [3.63, 3.8) is 0 Å². The number of benzene rings is 1. The summed E-state index contributed by atoms with van der Waals surface area (Å²) in [7, 11) is 0. The molecule has 2 rings (SSSR count). The van der Waals surface area contributed by atoms with Gasteiger partial charge in [-0.2, -0.15) is 0 Å². The van der Waals surface area contributed by atoms with Crippen molar-refractivity contribution >= 4 is 5.91 Å². The van der Waals surface area contributed by atoms with Gasteiger partial charge in [-0.3, -0.25) is 4.79 Å². The van der Waals surface area contributed by atoms with Crippen molar-refractivity contribution in [2.75, 3.05) is 13.1 Å². The van der Waals surface area contributed by atoms with Crippen LogP contribution in [0.3, 0.4) is 0 Å². The second-order valence-corrected chi connectivity index (χ2v) is 5.22. The standard InChI is InChI=1S/C16H24N2O/c1-3-5-15(17-9-4-2)13-7-6-12-8-10-18-16(19)14(12)11-13/h6-7,11,15,17H,3-5,8-10H2,1-2H3,(H,18,19). The smallest absolute Gasteiger partial charge is 0.251 e. The van der Waals surface area contributed by atoms with Crippen LogP contribution in [-0.2, 0) is 6.42 Å². The first kappa shape index (κ1) is 14.1. The highest BCUT2D eigenvalue weighted by molar-refractivity contribution is 5.96. The number of amides is 1. The Bertz CT molecular complexity index is 442. The minimum Gasteiger partial charge on any atom is -0.352 e. The monoisotopic (exact) mass is 260 g/mol. The number of hydrogen-bond donors (Lipinski definition) is 2. The molecule has 0 spiro atoms. The van der Waals surface area contributed by atoms with Crippen LogP contribution in [0.4, 0.5) is 0 Å². The summed E-state index contributed by atoms with van der Waals surface area (Å²) in [4.78, 5) is 11.9. The van der Waals surface area contributed by atoms with E-state index in [4.69, 9.17) is 0 Å². The van der Waals surface area contributed by atoms with E-state index in [0.717, 1.165) is 44.3 Å². The third-order valence-electron chi connectivity index (χ3n) is 3.68. The number of nitrogens with one attached hydrogen (secondary N) is 2. The third kappa shape index (κ3) is 3.35. The molecule has 1 heterocycles. The van der Waals surface area contributed by atoms with E-state index in [-0.39, 0.29) is 5.91 Å². The normalized spacial score (nSPS) is 15.8. The van der Waals surface area contributed by atoms with Gasteiger partial charge in [-0.1, -0.05) is 32.4 Å². The van der Waals surface area contributed by atoms with Crippen molar-refractivity contribution in [1.29, 1.82) is 0 Å². The molecule has 1 aliphatic rings. The Kier molecular flexibility index (Phi) is 4.97. The summed E-state index contributed by atoms with van der Waals surface area (Å²) >= 11 is 0. The summed E-state index contributed by atoms with van der Waals surface area (Å²) in [6.45, 7) is 6.16. The predicted molar refractivity (Wildman–Crippen MR) is 78.4 cm³/mol. The molecule has 0 aromatic heterocycles. The van der Waals surface area contributed by atoms with Crippen LogP contribution >= 0.6 is 0 Å². The number of carbonyl (C=O) groups is 1. The molecule has 3 nitrogen and oxygen atoms in total. The maximum atomic E-state index is 11.9. The summed E-state index contributed by atoms with van der Waals surface area (Å²) < 4.78 is 0. The highest BCUT2D eigenvalue weighted by Crippen LogP contribution is 2.23. The van der Waals surface area contributed by atoms with Crippen LogP contribution in [0.5, 0.6) is 0 Å². The molecule has 1 aliphatic heterocycles. The lowest BCUT2D eigenvalue weighted by Gasteiger charge is -2.22. The molecule has 104 valence electrons. The Morgan fingerprint density at radius 1 is 1.32 bits per heavy atom. The van der Waals surface area contributed by atoms with Crippen molar-refractivity contribution in [3.8, 4) is 0 Å². The predicted octanol–water partition coefficient (Wildman–Crippen LogP) is 2.81. The van der Waals surface area contributed by atoms with Gasteiger partial charge in [0.25, 0.3) is 5.91 Å². The van der Waals surface area contributed by atoms with Crippen LogP contribution < -0.4 is 10.6 Å². The first-order valence-electron chi connectivity index (χ1n) is 7.40. The molecule has 1 atom stereocenters. The zero-order valence-corrected chi connectivity index (χ0v) is 12.0. The molecule has 0 bridgehead atoms. The van der Waals surface area contributed by atoms with Gasteiger partial charge >= 0.3 is 0 Å². The van der Waals surface area contributed by atoms with Gasteiger partial charge in [-0.25, -0.2) is 0 Å². The molecule has 0 saturated heterocycles. The summed E-state index contributed by atoms with van der Waals surface area (Å²) in [5.74, 6) is 0.0776. The van der Waals surface area contributed by atoms with E-state index in [1.807, 2.05) is 0 Å². The van der Waals surface area contributed by atoms with Gasteiger partial charge in [0.1, 0.15) is 0 Å². The summed E-state index contributed by atoms with van der Waals surface area (Å²) in [6.07, 6.45) is 4.33. The molecule has 0 aliphatic carbocycles. The Morgan fingerprint density at radius 3 is 2.89 bits per heavy atom. The fourth-order valence-corrected chi connectivity index (χ4v) is 2.64. The zero-order chi connectivity index (χ0) is 13.7. The molecule has 0 fully saturated rings. The lowest BCUT2D eigenvalue weighted by molar-refractivity contribution is 0.0946. The zero-order valence-electron chi connectivity index (χ0n) is 12.0.